The van der Waals surface area contributed by atoms with Gasteiger partial charge in [-0.1, -0.05) is 24.6 Å². The van der Waals surface area contributed by atoms with Crippen molar-refractivity contribution in [1.82, 2.24) is 10.6 Å². The Morgan fingerprint density at radius 3 is 2.95 bits per heavy atom. The fourth-order valence-corrected chi connectivity index (χ4v) is 2.51. The summed E-state index contributed by atoms with van der Waals surface area (Å²) in [6, 6.07) is 7.29. The van der Waals surface area contributed by atoms with Crippen molar-refractivity contribution in [2.75, 3.05) is 13.1 Å². The van der Waals surface area contributed by atoms with Crippen LogP contribution in [0.15, 0.2) is 24.3 Å². The molecule has 6 heteroatoms. The molecule has 118 valence electrons. The number of nitrogens with one attached hydrogen (secondary N) is 2. The summed E-state index contributed by atoms with van der Waals surface area (Å²) in [6.07, 6.45) is 0.423. The van der Waals surface area contributed by atoms with Crippen molar-refractivity contribution in [3.05, 3.63) is 29.3 Å². The molecule has 1 saturated heterocycles. The number of rotatable bonds is 4. The van der Waals surface area contributed by atoms with Crippen LogP contribution < -0.4 is 15.4 Å². The Morgan fingerprint density at radius 2 is 2.29 bits per heavy atom. The quantitative estimate of drug-likeness (QED) is 0.891. The standard InChI is InChI=1S/C15H21ClN2O2.ClH/c1-10-9-17-7-6-14(10)18-15(19)11(2)20-13-5-3-4-12(16)8-13;/h3-5,8,10-11,14,17H,6-7,9H2,1-2H3,(H,18,19);1H. The van der Waals surface area contributed by atoms with Gasteiger partial charge < -0.3 is 15.4 Å². The van der Waals surface area contributed by atoms with Crippen molar-refractivity contribution in [1.29, 1.82) is 0 Å². The minimum atomic E-state index is -0.532. The molecule has 4 nitrogen and oxygen atoms in total. The van der Waals surface area contributed by atoms with Gasteiger partial charge in [-0.2, -0.15) is 0 Å². The van der Waals surface area contributed by atoms with Gasteiger partial charge >= 0.3 is 0 Å². The van der Waals surface area contributed by atoms with Crippen molar-refractivity contribution >= 4 is 29.9 Å². The minimum Gasteiger partial charge on any atom is -0.481 e. The lowest BCUT2D eigenvalue weighted by molar-refractivity contribution is -0.128. The van der Waals surface area contributed by atoms with E-state index in [-0.39, 0.29) is 24.4 Å². The number of ether oxygens (including phenoxy) is 1. The number of hydrogen-bond donors (Lipinski definition) is 2. The van der Waals surface area contributed by atoms with Crippen LogP contribution in [0.25, 0.3) is 0 Å². The van der Waals surface area contributed by atoms with Gasteiger partial charge in [0.1, 0.15) is 5.75 Å². The largest absolute Gasteiger partial charge is 0.481 e. The maximum Gasteiger partial charge on any atom is 0.261 e. The van der Waals surface area contributed by atoms with Gasteiger partial charge in [0.05, 0.1) is 0 Å². The summed E-state index contributed by atoms with van der Waals surface area (Å²) < 4.78 is 5.62. The number of benzene rings is 1. The second-order valence-corrected chi connectivity index (χ2v) is 5.74. The first-order valence-electron chi connectivity index (χ1n) is 6.99. The van der Waals surface area contributed by atoms with Crippen LogP contribution >= 0.6 is 24.0 Å². The normalized spacial score (nSPS) is 22.8. The summed E-state index contributed by atoms with van der Waals surface area (Å²) >= 11 is 5.90. The van der Waals surface area contributed by atoms with E-state index < -0.39 is 6.10 Å². The Balaban J connectivity index is 0.00000220. The fourth-order valence-electron chi connectivity index (χ4n) is 2.33. The molecule has 3 atom stereocenters. The molecule has 0 radical (unpaired) electrons. The van der Waals surface area contributed by atoms with E-state index >= 15 is 0 Å². The zero-order valence-electron chi connectivity index (χ0n) is 12.3. The topological polar surface area (TPSA) is 50.4 Å². The monoisotopic (exact) mass is 332 g/mol. The molecule has 1 aromatic rings. The molecular formula is C15H22Cl2N2O2. The molecule has 3 unspecified atom stereocenters. The SMILES string of the molecule is CC(Oc1cccc(Cl)c1)C(=O)NC1CCNCC1C.Cl. The third-order valence-corrected chi connectivity index (χ3v) is 3.83. The summed E-state index contributed by atoms with van der Waals surface area (Å²) in [7, 11) is 0. The van der Waals surface area contributed by atoms with Crippen LogP contribution in [0.1, 0.15) is 20.3 Å². The lowest BCUT2D eigenvalue weighted by Gasteiger charge is -2.31. The molecular weight excluding hydrogens is 311 g/mol. The Morgan fingerprint density at radius 1 is 1.52 bits per heavy atom. The van der Waals surface area contributed by atoms with E-state index in [0.717, 1.165) is 19.5 Å². The van der Waals surface area contributed by atoms with Crippen LogP contribution in [0.2, 0.25) is 5.02 Å². The van der Waals surface area contributed by atoms with Gasteiger partial charge in [-0.3, -0.25) is 4.79 Å². The van der Waals surface area contributed by atoms with Crippen molar-refractivity contribution in [3.8, 4) is 5.75 Å². The van der Waals surface area contributed by atoms with Gasteiger partial charge in [-0.05, 0) is 50.6 Å². The highest BCUT2D eigenvalue weighted by Gasteiger charge is 2.25. The van der Waals surface area contributed by atoms with E-state index in [1.54, 1.807) is 31.2 Å². The Labute approximate surface area is 137 Å². The van der Waals surface area contributed by atoms with Gasteiger partial charge in [0.15, 0.2) is 6.10 Å². The maximum atomic E-state index is 12.2. The van der Waals surface area contributed by atoms with Crippen molar-refractivity contribution < 1.29 is 9.53 Å². The summed E-state index contributed by atoms with van der Waals surface area (Å²) in [6.45, 7) is 5.77. The minimum absolute atomic E-state index is 0. The number of amides is 1. The highest BCUT2D eigenvalue weighted by atomic mass is 35.5. The fraction of sp³-hybridized carbons (Fsp3) is 0.533. The molecule has 2 rings (SSSR count). The summed E-state index contributed by atoms with van der Waals surface area (Å²) in [5.74, 6) is 0.966. The van der Waals surface area contributed by atoms with E-state index in [1.807, 2.05) is 0 Å². The Hall–Kier alpha value is -0.970. The average molecular weight is 333 g/mol. The molecule has 1 aromatic carbocycles. The summed E-state index contributed by atoms with van der Waals surface area (Å²) in [5.41, 5.74) is 0. The van der Waals surface area contributed by atoms with E-state index in [2.05, 4.69) is 17.6 Å². The number of hydrogen-bond acceptors (Lipinski definition) is 3. The second-order valence-electron chi connectivity index (χ2n) is 5.30. The van der Waals surface area contributed by atoms with Crippen LogP contribution in [0.5, 0.6) is 5.75 Å². The Kier molecular flexibility index (Phi) is 7.29. The van der Waals surface area contributed by atoms with E-state index in [4.69, 9.17) is 16.3 Å². The lowest BCUT2D eigenvalue weighted by atomic mass is 9.95. The molecule has 0 aliphatic carbocycles. The first-order chi connectivity index (χ1) is 9.56. The zero-order valence-corrected chi connectivity index (χ0v) is 13.8. The van der Waals surface area contributed by atoms with Gasteiger partial charge in [0.25, 0.3) is 5.91 Å². The first kappa shape index (κ1) is 18.1. The van der Waals surface area contributed by atoms with Crippen LogP contribution in [0.3, 0.4) is 0 Å². The number of piperidine rings is 1. The maximum absolute atomic E-state index is 12.2. The van der Waals surface area contributed by atoms with Crippen LogP contribution in [-0.2, 0) is 4.79 Å². The molecule has 21 heavy (non-hydrogen) atoms. The van der Waals surface area contributed by atoms with Crippen LogP contribution in [0, 0.1) is 5.92 Å². The molecule has 2 N–H and O–H groups in total. The molecule has 0 spiro atoms. The zero-order chi connectivity index (χ0) is 14.5. The third-order valence-electron chi connectivity index (χ3n) is 3.59. The van der Waals surface area contributed by atoms with Gasteiger partial charge in [0.2, 0.25) is 0 Å². The molecule has 0 aromatic heterocycles. The van der Waals surface area contributed by atoms with Gasteiger partial charge in [-0.25, -0.2) is 0 Å². The Bertz CT molecular complexity index is 471. The number of carbonyl (C=O) groups is 1. The molecule has 1 heterocycles. The summed E-state index contributed by atoms with van der Waals surface area (Å²) in [5, 5.41) is 6.98. The molecule has 1 fully saturated rings. The third kappa shape index (κ3) is 5.38. The molecule has 0 saturated carbocycles. The van der Waals surface area contributed by atoms with Crippen LogP contribution in [-0.4, -0.2) is 31.1 Å². The second kappa shape index (κ2) is 8.47. The summed E-state index contributed by atoms with van der Waals surface area (Å²) in [4.78, 5) is 12.2. The molecule has 1 aliphatic rings. The molecule has 0 bridgehead atoms. The first-order valence-corrected chi connectivity index (χ1v) is 7.37. The highest BCUT2D eigenvalue weighted by Crippen LogP contribution is 2.18. The smallest absolute Gasteiger partial charge is 0.261 e. The number of carbonyl (C=O) groups excluding carboxylic acids is 1. The highest BCUT2D eigenvalue weighted by molar-refractivity contribution is 6.30. The molecule has 1 aliphatic heterocycles. The predicted molar refractivity (Wildman–Crippen MR) is 87.4 cm³/mol. The average Bonchev–Trinajstić information content (AvgIpc) is 2.41. The predicted octanol–water partition coefficient (Wildman–Crippen LogP) is 2.64. The van der Waals surface area contributed by atoms with E-state index in [9.17, 15) is 4.79 Å². The van der Waals surface area contributed by atoms with Gasteiger partial charge in [-0.15, -0.1) is 12.4 Å². The van der Waals surface area contributed by atoms with Crippen LogP contribution in [0.4, 0.5) is 0 Å². The molecule has 1 amide bonds. The van der Waals surface area contributed by atoms with Crippen molar-refractivity contribution in [3.63, 3.8) is 0 Å². The number of halogens is 2. The van der Waals surface area contributed by atoms with E-state index in [1.165, 1.54) is 0 Å². The van der Waals surface area contributed by atoms with Crippen molar-refractivity contribution in [2.24, 2.45) is 5.92 Å². The lowest BCUT2D eigenvalue weighted by Crippen LogP contribution is -2.51. The van der Waals surface area contributed by atoms with Crippen molar-refractivity contribution in [2.45, 2.75) is 32.4 Å². The van der Waals surface area contributed by atoms with E-state index in [0.29, 0.717) is 16.7 Å². The van der Waals surface area contributed by atoms with Gasteiger partial charge in [0, 0.05) is 11.1 Å².